The van der Waals surface area contributed by atoms with Crippen LogP contribution in [0.4, 0.5) is 0 Å². The van der Waals surface area contributed by atoms with Crippen LogP contribution < -0.4 is 0 Å². The summed E-state index contributed by atoms with van der Waals surface area (Å²) in [5.74, 6) is 0.607. The van der Waals surface area contributed by atoms with Gasteiger partial charge in [0, 0.05) is 11.3 Å². The molecule has 3 rings (SSSR count). The smallest absolute Gasteiger partial charge is 0.309 e. The van der Waals surface area contributed by atoms with Crippen LogP contribution in [0, 0.1) is 23.2 Å². The van der Waals surface area contributed by atoms with Gasteiger partial charge >= 0.3 is 5.97 Å². The summed E-state index contributed by atoms with van der Waals surface area (Å²) in [6.07, 6.45) is 3.18. The lowest BCUT2D eigenvalue weighted by Gasteiger charge is -2.52. The lowest BCUT2D eigenvalue weighted by atomic mass is 9.54. The van der Waals surface area contributed by atoms with Crippen LogP contribution in [0.1, 0.15) is 39.5 Å². The maximum absolute atomic E-state index is 11.7. The Hall–Kier alpha value is -0.830. The van der Waals surface area contributed by atoms with Gasteiger partial charge in [0.2, 0.25) is 0 Å². The van der Waals surface area contributed by atoms with E-state index in [1.807, 2.05) is 6.92 Å². The number of ether oxygens (including phenoxy) is 1. The Morgan fingerprint density at radius 1 is 1.50 bits per heavy atom. The van der Waals surface area contributed by atoms with Crippen LogP contribution >= 0.6 is 0 Å². The lowest BCUT2D eigenvalue weighted by molar-refractivity contribution is -0.148. The van der Waals surface area contributed by atoms with Crippen LogP contribution in [0.5, 0.6) is 0 Å². The molecule has 0 aromatic carbocycles. The highest BCUT2D eigenvalue weighted by atomic mass is 16.6. The Morgan fingerprint density at radius 3 is 2.94 bits per heavy atom. The summed E-state index contributed by atoms with van der Waals surface area (Å²) >= 11 is 0. The van der Waals surface area contributed by atoms with Gasteiger partial charge in [-0.1, -0.05) is 26.0 Å². The van der Waals surface area contributed by atoms with Crippen molar-refractivity contribution in [2.45, 2.75) is 51.7 Å². The zero-order valence-corrected chi connectivity index (χ0v) is 11.2. The minimum atomic E-state index is -0.288. The van der Waals surface area contributed by atoms with Gasteiger partial charge in [0.25, 0.3) is 0 Å². The van der Waals surface area contributed by atoms with E-state index in [4.69, 9.17) is 4.74 Å². The minimum Gasteiger partial charge on any atom is -0.462 e. The van der Waals surface area contributed by atoms with Gasteiger partial charge in [-0.2, -0.15) is 0 Å². The molecule has 0 aromatic heterocycles. The Balaban J connectivity index is 1.92. The number of hydrogen-bond donors (Lipinski definition) is 1. The Morgan fingerprint density at radius 2 is 2.22 bits per heavy atom. The standard InChI is InChI=1S/C15H22O3/c1-8-4-5-13(16)15(3)7-12-10(6-11(8)15)9(2)14(17)18-12/h9-13,16H,1,4-7H2,2-3H3/t9-,10-,11+,12-,13+,15-/m1/s1. The average Bonchev–Trinajstić information content (AvgIpc) is 2.58. The molecule has 0 amide bonds. The summed E-state index contributed by atoms with van der Waals surface area (Å²) in [5, 5.41) is 10.4. The fraction of sp³-hybridized carbons (Fsp3) is 0.800. The first-order valence-corrected chi connectivity index (χ1v) is 6.99. The van der Waals surface area contributed by atoms with Crippen molar-refractivity contribution in [1.82, 2.24) is 0 Å². The predicted octanol–water partition coefficient (Wildman–Crippen LogP) is 2.29. The molecule has 2 saturated carbocycles. The van der Waals surface area contributed by atoms with Gasteiger partial charge < -0.3 is 9.84 Å². The van der Waals surface area contributed by atoms with Crippen molar-refractivity contribution in [2.24, 2.45) is 23.2 Å². The number of carbonyl (C=O) groups is 1. The maximum atomic E-state index is 11.7. The van der Waals surface area contributed by atoms with Gasteiger partial charge in [0.1, 0.15) is 6.10 Å². The molecule has 0 bridgehead atoms. The van der Waals surface area contributed by atoms with Crippen LogP contribution in [-0.2, 0) is 9.53 Å². The van der Waals surface area contributed by atoms with Crippen molar-refractivity contribution in [3.63, 3.8) is 0 Å². The van der Waals surface area contributed by atoms with E-state index in [9.17, 15) is 9.90 Å². The molecule has 3 heteroatoms. The second kappa shape index (κ2) is 3.83. The number of aliphatic hydroxyl groups excluding tert-OH is 1. The summed E-state index contributed by atoms with van der Waals surface area (Å²) in [4.78, 5) is 11.7. The van der Waals surface area contributed by atoms with Crippen molar-refractivity contribution in [2.75, 3.05) is 0 Å². The molecule has 1 saturated heterocycles. The zero-order chi connectivity index (χ0) is 13.1. The molecule has 100 valence electrons. The van der Waals surface area contributed by atoms with E-state index in [0.717, 1.165) is 25.7 Å². The molecule has 0 radical (unpaired) electrons. The minimum absolute atomic E-state index is 0.00594. The second-order valence-electron chi connectivity index (χ2n) is 6.64. The Kier molecular flexibility index (Phi) is 2.60. The quantitative estimate of drug-likeness (QED) is 0.530. The van der Waals surface area contributed by atoms with Crippen LogP contribution in [0.3, 0.4) is 0 Å². The molecule has 1 aliphatic heterocycles. The second-order valence-corrected chi connectivity index (χ2v) is 6.64. The van der Waals surface area contributed by atoms with Crippen molar-refractivity contribution < 1.29 is 14.6 Å². The van der Waals surface area contributed by atoms with Crippen LogP contribution in [0.2, 0.25) is 0 Å². The normalized spacial score (nSPS) is 51.6. The SMILES string of the molecule is C=C1CC[C@H](O)[C@]2(C)C[C@H]3OC(=O)[C@H](C)[C@H]3C[C@@H]12. The molecule has 1 heterocycles. The monoisotopic (exact) mass is 250 g/mol. The van der Waals surface area contributed by atoms with Gasteiger partial charge in [-0.3, -0.25) is 4.79 Å². The molecule has 0 spiro atoms. The van der Waals surface area contributed by atoms with E-state index in [0.29, 0.717) is 11.8 Å². The Bertz CT molecular complexity index is 403. The molecule has 0 unspecified atom stereocenters. The van der Waals surface area contributed by atoms with Crippen LogP contribution in [0.25, 0.3) is 0 Å². The van der Waals surface area contributed by atoms with Crippen molar-refractivity contribution in [1.29, 1.82) is 0 Å². The van der Waals surface area contributed by atoms with E-state index in [1.165, 1.54) is 5.57 Å². The van der Waals surface area contributed by atoms with Gasteiger partial charge in [-0.15, -0.1) is 0 Å². The number of esters is 1. The van der Waals surface area contributed by atoms with Crippen molar-refractivity contribution in [3.8, 4) is 0 Å². The van der Waals surface area contributed by atoms with Crippen molar-refractivity contribution in [3.05, 3.63) is 12.2 Å². The van der Waals surface area contributed by atoms with E-state index in [2.05, 4.69) is 13.5 Å². The Labute approximate surface area is 108 Å². The first-order valence-electron chi connectivity index (χ1n) is 6.99. The number of carbonyl (C=O) groups excluding carboxylic acids is 1. The number of rotatable bonds is 0. The third-order valence-corrected chi connectivity index (χ3v) is 5.70. The third kappa shape index (κ3) is 1.49. The first-order chi connectivity index (χ1) is 8.43. The largest absolute Gasteiger partial charge is 0.462 e. The average molecular weight is 250 g/mol. The molecule has 1 N–H and O–H groups in total. The van der Waals surface area contributed by atoms with Gasteiger partial charge in [0.05, 0.1) is 12.0 Å². The highest BCUT2D eigenvalue weighted by molar-refractivity contribution is 5.75. The van der Waals surface area contributed by atoms with Gasteiger partial charge in [-0.05, 0) is 31.6 Å². The summed E-state index contributed by atoms with van der Waals surface area (Å²) in [7, 11) is 0. The fourth-order valence-corrected chi connectivity index (χ4v) is 4.33. The highest BCUT2D eigenvalue weighted by Crippen LogP contribution is 2.56. The molecule has 18 heavy (non-hydrogen) atoms. The molecule has 6 atom stereocenters. The number of allylic oxidation sites excluding steroid dienone is 1. The summed E-state index contributed by atoms with van der Waals surface area (Å²) in [6.45, 7) is 8.31. The molecule has 3 fully saturated rings. The predicted molar refractivity (Wildman–Crippen MR) is 67.7 cm³/mol. The summed E-state index contributed by atoms with van der Waals surface area (Å²) in [5.41, 5.74) is 1.11. The van der Waals surface area contributed by atoms with E-state index in [1.54, 1.807) is 0 Å². The third-order valence-electron chi connectivity index (χ3n) is 5.70. The molecular weight excluding hydrogens is 228 g/mol. The molecule has 2 aliphatic carbocycles. The topological polar surface area (TPSA) is 46.5 Å². The lowest BCUT2D eigenvalue weighted by Crippen LogP contribution is -2.51. The van der Waals surface area contributed by atoms with Crippen molar-refractivity contribution >= 4 is 5.97 Å². The van der Waals surface area contributed by atoms with E-state index in [-0.39, 0.29) is 29.5 Å². The highest BCUT2D eigenvalue weighted by Gasteiger charge is 2.56. The van der Waals surface area contributed by atoms with Gasteiger partial charge in [-0.25, -0.2) is 0 Å². The molecular formula is C15H22O3. The van der Waals surface area contributed by atoms with Crippen LogP contribution in [-0.4, -0.2) is 23.3 Å². The van der Waals surface area contributed by atoms with Crippen LogP contribution in [0.15, 0.2) is 12.2 Å². The molecule has 3 aliphatic rings. The van der Waals surface area contributed by atoms with Gasteiger partial charge in [0.15, 0.2) is 0 Å². The zero-order valence-electron chi connectivity index (χ0n) is 11.2. The fourth-order valence-electron chi connectivity index (χ4n) is 4.33. The number of aliphatic hydroxyl groups is 1. The summed E-state index contributed by atoms with van der Waals surface area (Å²) in [6, 6.07) is 0. The van der Waals surface area contributed by atoms with E-state index < -0.39 is 0 Å². The number of fused-ring (bicyclic) bond motifs is 2. The molecule has 3 nitrogen and oxygen atoms in total. The maximum Gasteiger partial charge on any atom is 0.309 e. The first kappa shape index (κ1) is 12.2. The number of hydrogen-bond acceptors (Lipinski definition) is 3. The summed E-state index contributed by atoms with van der Waals surface area (Å²) < 4.78 is 5.50. The van der Waals surface area contributed by atoms with E-state index >= 15 is 0 Å². The molecule has 0 aromatic rings.